The van der Waals surface area contributed by atoms with E-state index in [1.165, 1.54) is 12.8 Å². The van der Waals surface area contributed by atoms with Gasteiger partial charge in [-0.2, -0.15) is 0 Å². The Hall–Kier alpha value is -2.69. The summed E-state index contributed by atoms with van der Waals surface area (Å²) in [6, 6.07) is 12.0. The minimum Gasteiger partial charge on any atom is -0.349 e. The Bertz CT molecular complexity index is 925. The molecule has 5 nitrogen and oxygen atoms in total. The maximum absolute atomic E-state index is 12.6. The molecule has 0 atom stereocenters. The lowest BCUT2D eigenvalue weighted by Crippen LogP contribution is -2.32. The summed E-state index contributed by atoms with van der Waals surface area (Å²) < 4.78 is 2.14. The van der Waals surface area contributed by atoms with Gasteiger partial charge >= 0.3 is 0 Å². The van der Waals surface area contributed by atoms with Crippen LogP contribution in [0, 0.1) is 0 Å². The van der Waals surface area contributed by atoms with Crippen molar-refractivity contribution in [3.8, 4) is 11.4 Å². The van der Waals surface area contributed by atoms with E-state index in [-0.39, 0.29) is 5.91 Å². The summed E-state index contributed by atoms with van der Waals surface area (Å²) in [6.07, 6.45) is 7.38. The van der Waals surface area contributed by atoms with Gasteiger partial charge in [-0.15, -0.1) is 0 Å². The predicted octanol–water partition coefficient (Wildman–Crippen LogP) is 4.18. The molecule has 1 aromatic carbocycles. The van der Waals surface area contributed by atoms with Crippen LogP contribution in [0.5, 0.6) is 0 Å². The fraction of sp³-hybridized carbons (Fsp3) is 0.381. The lowest BCUT2D eigenvalue weighted by atomic mass is 10.1. The highest BCUT2D eigenvalue weighted by molar-refractivity contribution is 5.95. The van der Waals surface area contributed by atoms with Crippen molar-refractivity contribution in [1.82, 2.24) is 19.9 Å². The normalized spacial score (nSPS) is 14.8. The van der Waals surface area contributed by atoms with Crippen molar-refractivity contribution in [1.29, 1.82) is 0 Å². The van der Waals surface area contributed by atoms with Crippen molar-refractivity contribution >= 4 is 17.1 Å². The first-order valence-electron chi connectivity index (χ1n) is 9.49. The van der Waals surface area contributed by atoms with Gasteiger partial charge < -0.3 is 9.88 Å². The number of hydrogen-bond acceptors (Lipinski definition) is 3. The molecule has 1 N–H and O–H groups in total. The Labute approximate surface area is 153 Å². The molecule has 2 aromatic heterocycles. The Morgan fingerprint density at radius 3 is 2.88 bits per heavy atom. The summed E-state index contributed by atoms with van der Waals surface area (Å²) in [4.78, 5) is 21.9. The second kappa shape index (κ2) is 7.28. The molecular weight excluding hydrogens is 324 g/mol. The minimum absolute atomic E-state index is 0.00928. The highest BCUT2D eigenvalue weighted by Crippen LogP contribution is 2.25. The molecule has 0 aliphatic heterocycles. The standard InChI is InChI=1S/C21H24N4O/c1-2-13-25-19(24-18-11-6-12-22-20(18)25)15-7-5-8-16(14-15)21(26)23-17-9-3-4-10-17/h5-8,11-12,14,17H,2-4,9-10,13H2,1H3,(H,23,26). The number of carbonyl (C=O) groups excluding carboxylic acids is 1. The molecule has 3 aromatic rings. The van der Waals surface area contributed by atoms with E-state index in [4.69, 9.17) is 4.98 Å². The molecule has 2 heterocycles. The zero-order valence-electron chi connectivity index (χ0n) is 15.1. The van der Waals surface area contributed by atoms with Gasteiger partial charge in [0, 0.05) is 29.9 Å². The zero-order chi connectivity index (χ0) is 17.9. The first-order valence-corrected chi connectivity index (χ1v) is 9.49. The third-order valence-electron chi connectivity index (χ3n) is 5.02. The SMILES string of the molecule is CCCn1c(-c2cccc(C(=O)NC3CCCC3)c2)nc2cccnc21. The van der Waals surface area contributed by atoms with Gasteiger partial charge in [-0.1, -0.05) is 31.9 Å². The summed E-state index contributed by atoms with van der Waals surface area (Å²) in [5.74, 6) is 0.881. The van der Waals surface area contributed by atoms with E-state index in [1.54, 1.807) is 6.20 Å². The van der Waals surface area contributed by atoms with Crippen LogP contribution in [0.3, 0.4) is 0 Å². The highest BCUT2D eigenvalue weighted by atomic mass is 16.1. The molecule has 134 valence electrons. The van der Waals surface area contributed by atoms with E-state index < -0.39 is 0 Å². The Morgan fingerprint density at radius 1 is 1.23 bits per heavy atom. The molecule has 0 spiro atoms. The molecule has 1 aliphatic rings. The monoisotopic (exact) mass is 348 g/mol. The number of hydrogen-bond donors (Lipinski definition) is 1. The smallest absolute Gasteiger partial charge is 0.251 e. The van der Waals surface area contributed by atoms with Crippen LogP contribution in [0.1, 0.15) is 49.4 Å². The fourth-order valence-electron chi connectivity index (χ4n) is 3.75. The summed E-state index contributed by atoms with van der Waals surface area (Å²) in [6.45, 7) is 2.99. The van der Waals surface area contributed by atoms with Gasteiger partial charge in [0.2, 0.25) is 0 Å². The molecule has 1 fully saturated rings. The minimum atomic E-state index is 0.00928. The molecular formula is C21H24N4O. The van der Waals surface area contributed by atoms with Crippen molar-refractivity contribution in [3.63, 3.8) is 0 Å². The Kier molecular flexibility index (Phi) is 4.69. The number of amides is 1. The van der Waals surface area contributed by atoms with E-state index in [0.717, 1.165) is 48.4 Å². The maximum atomic E-state index is 12.6. The third-order valence-corrected chi connectivity index (χ3v) is 5.02. The molecule has 1 saturated carbocycles. The highest BCUT2D eigenvalue weighted by Gasteiger charge is 2.19. The van der Waals surface area contributed by atoms with Crippen molar-refractivity contribution < 1.29 is 4.79 Å². The van der Waals surface area contributed by atoms with Gasteiger partial charge in [0.1, 0.15) is 11.3 Å². The average Bonchev–Trinajstić information content (AvgIpc) is 3.30. The molecule has 5 heteroatoms. The van der Waals surface area contributed by atoms with E-state index >= 15 is 0 Å². The number of aryl methyl sites for hydroxylation is 1. The quantitative estimate of drug-likeness (QED) is 0.752. The third kappa shape index (κ3) is 3.21. The van der Waals surface area contributed by atoms with Crippen LogP contribution < -0.4 is 5.32 Å². The van der Waals surface area contributed by atoms with Crippen molar-refractivity contribution in [2.45, 2.75) is 51.6 Å². The average molecular weight is 348 g/mol. The predicted molar refractivity (Wildman–Crippen MR) is 103 cm³/mol. The zero-order valence-corrected chi connectivity index (χ0v) is 15.1. The van der Waals surface area contributed by atoms with Crippen LogP contribution in [0.15, 0.2) is 42.6 Å². The van der Waals surface area contributed by atoms with Gasteiger partial charge in [0.15, 0.2) is 5.65 Å². The molecule has 0 saturated heterocycles. The lowest BCUT2D eigenvalue weighted by Gasteiger charge is -2.13. The number of pyridine rings is 1. The Balaban J connectivity index is 1.69. The number of fused-ring (bicyclic) bond motifs is 1. The first-order chi connectivity index (χ1) is 12.8. The molecule has 0 radical (unpaired) electrons. The van der Waals surface area contributed by atoms with Crippen molar-refractivity contribution in [2.24, 2.45) is 0 Å². The summed E-state index contributed by atoms with van der Waals surface area (Å²) in [7, 11) is 0. The summed E-state index contributed by atoms with van der Waals surface area (Å²) >= 11 is 0. The molecule has 4 rings (SSSR count). The van der Waals surface area contributed by atoms with Gasteiger partial charge in [-0.05, 0) is 43.5 Å². The first kappa shape index (κ1) is 16.8. The van der Waals surface area contributed by atoms with Gasteiger partial charge in [-0.25, -0.2) is 9.97 Å². The second-order valence-electron chi connectivity index (χ2n) is 6.97. The van der Waals surface area contributed by atoms with Gasteiger partial charge in [-0.3, -0.25) is 4.79 Å². The fourth-order valence-corrected chi connectivity index (χ4v) is 3.75. The van der Waals surface area contributed by atoms with E-state index in [9.17, 15) is 4.79 Å². The van der Waals surface area contributed by atoms with Crippen LogP contribution in [0.2, 0.25) is 0 Å². The van der Waals surface area contributed by atoms with Crippen molar-refractivity contribution in [3.05, 3.63) is 48.2 Å². The number of aromatic nitrogens is 3. The van der Waals surface area contributed by atoms with Crippen molar-refractivity contribution in [2.75, 3.05) is 0 Å². The maximum Gasteiger partial charge on any atom is 0.251 e. The number of benzene rings is 1. The van der Waals surface area contributed by atoms with Gasteiger partial charge in [0.05, 0.1) is 0 Å². The number of imidazole rings is 1. The van der Waals surface area contributed by atoms with Gasteiger partial charge in [0.25, 0.3) is 5.91 Å². The number of nitrogens with one attached hydrogen (secondary N) is 1. The van der Waals surface area contributed by atoms with Crippen LogP contribution >= 0.6 is 0 Å². The molecule has 1 aliphatic carbocycles. The van der Waals surface area contributed by atoms with Crippen LogP contribution in [-0.2, 0) is 6.54 Å². The van der Waals surface area contributed by atoms with Crippen LogP contribution in [0.25, 0.3) is 22.6 Å². The molecule has 1 amide bonds. The largest absolute Gasteiger partial charge is 0.349 e. The van der Waals surface area contributed by atoms with Crippen LogP contribution in [-0.4, -0.2) is 26.5 Å². The number of nitrogens with zero attached hydrogens (tertiary/aromatic N) is 3. The number of rotatable bonds is 5. The topological polar surface area (TPSA) is 59.8 Å². The number of carbonyl (C=O) groups is 1. The van der Waals surface area contributed by atoms with E-state index in [1.807, 2.05) is 36.4 Å². The molecule has 0 bridgehead atoms. The molecule has 26 heavy (non-hydrogen) atoms. The van der Waals surface area contributed by atoms with Crippen LogP contribution in [0.4, 0.5) is 0 Å². The van der Waals surface area contributed by atoms with E-state index in [2.05, 4.69) is 21.8 Å². The van der Waals surface area contributed by atoms with E-state index in [0.29, 0.717) is 11.6 Å². The summed E-state index contributed by atoms with van der Waals surface area (Å²) in [5.41, 5.74) is 3.43. The second-order valence-corrected chi connectivity index (χ2v) is 6.97. The molecule has 0 unspecified atom stereocenters. The lowest BCUT2D eigenvalue weighted by molar-refractivity contribution is 0.0938. The Morgan fingerprint density at radius 2 is 2.08 bits per heavy atom. The summed E-state index contributed by atoms with van der Waals surface area (Å²) in [5, 5.41) is 3.16.